The first kappa shape index (κ1) is 18.1. The van der Waals surface area contributed by atoms with Gasteiger partial charge >= 0.3 is 0 Å². The fraction of sp³-hybridized carbons (Fsp3) is 0.300. The summed E-state index contributed by atoms with van der Waals surface area (Å²) >= 11 is 7.89. The molecule has 0 saturated carbocycles. The van der Waals surface area contributed by atoms with E-state index in [1.54, 1.807) is 24.5 Å². The number of nitrogens with zero attached hydrogens (tertiary/aromatic N) is 3. The summed E-state index contributed by atoms with van der Waals surface area (Å²) < 4.78 is 6.36. The third-order valence-corrected chi connectivity index (χ3v) is 6.38. The Balaban J connectivity index is 1.47. The maximum atomic E-state index is 12.8. The average Bonchev–Trinajstić information content (AvgIpc) is 3.15. The molecule has 4 rings (SSSR count). The van der Waals surface area contributed by atoms with Crippen LogP contribution in [0.5, 0.6) is 5.75 Å². The summed E-state index contributed by atoms with van der Waals surface area (Å²) in [5.41, 5.74) is 2.65. The number of hydrogen-bond donors (Lipinski definition) is 0. The zero-order valence-electron chi connectivity index (χ0n) is 15.2. The molecule has 2 aromatic carbocycles. The number of rotatable bonds is 3. The molecule has 1 aliphatic heterocycles. The summed E-state index contributed by atoms with van der Waals surface area (Å²) in [6.07, 6.45) is 0. The van der Waals surface area contributed by atoms with E-state index in [9.17, 15) is 4.79 Å². The quantitative estimate of drug-likeness (QED) is 0.658. The summed E-state index contributed by atoms with van der Waals surface area (Å²) in [7, 11) is 1.61. The number of carbonyl (C=O) groups is 1. The molecule has 0 unspecified atom stereocenters. The van der Waals surface area contributed by atoms with E-state index in [4.69, 9.17) is 21.3 Å². The highest BCUT2D eigenvalue weighted by Crippen LogP contribution is 2.33. The van der Waals surface area contributed by atoms with E-state index in [1.807, 2.05) is 42.2 Å². The van der Waals surface area contributed by atoms with Crippen LogP contribution in [0.2, 0.25) is 5.02 Å². The van der Waals surface area contributed by atoms with Gasteiger partial charge < -0.3 is 14.5 Å². The summed E-state index contributed by atoms with van der Waals surface area (Å²) in [4.78, 5) is 21.7. The van der Waals surface area contributed by atoms with Gasteiger partial charge in [0.1, 0.15) is 5.75 Å². The van der Waals surface area contributed by atoms with Crippen molar-refractivity contribution in [1.29, 1.82) is 0 Å². The lowest BCUT2D eigenvalue weighted by Gasteiger charge is -2.34. The lowest BCUT2D eigenvalue weighted by molar-refractivity contribution is 0.0746. The molecule has 3 aromatic rings. The summed E-state index contributed by atoms with van der Waals surface area (Å²) in [5.74, 6) is 0.739. The Kier molecular flexibility index (Phi) is 4.93. The molecule has 1 amide bonds. The molecule has 140 valence electrons. The van der Waals surface area contributed by atoms with E-state index in [2.05, 4.69) is 4.90 Å². The number of piperazine rings is 1. The smallest absolute Gasteiger partial charge is 0.254 e. The summed E-state index contributed by atoms with van der Waals surface area (Å²) in [5, 5.41) is 1.73. The van der Waals surface area contributed by atoms with Gasteiger partial charge in [-0.05, 0) is 42.8 Å². The Morgan fingerprint density at radius 2 is 1.96 bits per heavy atom. The number of ether oxygens (including phenoxy) is 1. The van der Waals surface area contributed by atoms with Crippen LogP contribution in [-0.4, -0.2) is 49.1 Å². The van der Waals surface area contributed by atoms with Crippen molar-refractivity contribution in [1.82, 2.24) is 9.88 Å². The van der Waals surface area contributed by atoms with Crippen molar-refractivity contribution in [2.24, 2.45) is 0 Å². The standard InChI is InChI=1S/C20H20ClN3O2S/c1-13-16(21)6-7-17-18(13)22-20(27-17)24-10-8-23(9-11-24)19(25)14-4-3-5-15(12-14)26-2/h3-7,12H,8-11H2,1-2H3. The van der Waals surface area contributed by atoms with Gasteiger partial charge in [0.15, 0.2) is 5.13 Å². The Morgan fingerprint density at radius 3 is 2.70 bits per heavy atom. The molecule has 1 aliphatic rings. The predicted molar refractivity (Wildman–Crippen MR) is 110 cm³/mol. The molecule has 0 spiro atoms. The number of fused-ring (bicyclic) bond motifs is 1. The first-order valence-corrected chi connectivity index (χ1v) is 10.00. The van der Waals surface area contributed by atoms with Gasteiger partial charge in [-0.1, -0.05) is 29.0 Å². The Morgan fingerprint density at radius 1 is 1.19 bits per heavy atom. The van der Waals surface area contributed by atoms with E-state index >= 15 is 0 Å². The van der Waals surface area contributed by atoms with Crippen LogP contribution in [0.25, 0.3) is 10.2 Å². The second kappa shape index (κ2) is 7.37. The molecule has 0 atom stereocenters. The second-order valence-corrected chi connectivity index (χ2v) is 7.94. The molecule has 27 heavy (non-hydrogen) atoms. The molecule has 1 aromatic heterocycles. The molecule has 0 N–H and O–H groups in total. The average molecular weight is 402 g/mol. The first-order chi connectivity index (χ1) is 13.1. The third-order valence-electron chi connectivity index (χ3n) is 4.89. The highest BCUT2D eigenvalue weighted by atomic mass is 35.5. The largest absolute Gasteiger partial charge is 0.497 e. The minimum atomic E-state index is 0.0421. The van der Waals surface area contributed by atoms with Crippen molar-refractivity contribution in [3.8, 4) is 5.75 Å². The molecular weight excluding hydrogens is 382 g/mol. The van der Waals surface area contributed by atoms with Gasteiger partial charge in [-0.2, -0.15) is 0 Å². The van der Waals surface area contributed by atoms with Crippen LogP contribution in [0.15, 0.2) is 36.4 Å². The van der Waals surface area contributed by atoms with Gasteiger partial charge in [-0.15, -0.1) is 0 Å². The van der Waals surface area contributed by atoms with Crippen LogP contribution in [0.3, 0.4) is 0 Å². The first-order valence-electron chi connectivity index (χ1n) is 8.81. The molecule has 1 fully saturated rings. The molecule has 0 aliphatic carbocycles. The Bertz CT molecular complexity index is 996. The molecule has 7 heteroatoms. The summed E-state index contributed by atoms with van der Waals surface area (Å²) in [6.45, 7) is 4.88. The number of aromatic nitrogens is 1. The van der Waals surface area contributed by atoms with Crippen LogP contribution in [0.4, 0.5) is 5.13 Å². The van der Waals surface area contributed by atoms with Crippen LogP contribution < -0.4 is 9.64 Å². The van der Waals surface area contributed by atoms with Crippen LogP contribution >= 0.6 is 22.9 Å². The van der Waals surface area contributed by atoms with Crippen LogP contribution in [-0.2, 0) is 0 Å². The number of methoxy groups -OCH3 is 1. The summed E-state index contributed by atoms with van der Waals surface area (Å²) in [6, 6.07) is 11.2. The van der Waals surface area contributed by atoms with E-state index in [0.29, 0.717) is 24.4 Å². The molecule has 1 saturated heterocycles. The zero-order valence-corrected chi connectivity index (χ0v) is 16.8. The number of thiazole rings is 1. The van der Waals surface area contributed by atoms with Crippen molar-refractivity contribution in [2.75, 3.05) is 38.2 Å². The second-order valence-electron chi connectivity index (χ2n) is 6.53. The highest BCUT2D eigenvalue weighted by molar-refractivity contribution is 7.22. The topological polar surface area (TPSA) is 45.7 Å². The number of halogens is 1. The van der Waals surface area contributed by atoms with Gasteiger partial charge in [0.25, 0.3) is 5.91 Å². The minimum absolute atomic E-state index is 0.0421. The Hall–Kier alpha value is -2.31. The van der Waals surface area contributed by atoms with E-state index in [1.165, 1.54) is 0 Å². The van der Waals surface area contributed by atoms with Gasteiger partial charge in [-0.3, -0.25) is 4.79 Å². The number of carbonyl (C=O) groups excluding carboxylic acids is 1. The fourth-order valence-electron chi connectivity index (χ4n) is 3.26. The van der Waals surface area contributed by atoms with E-state index in [0.717, 1.165) is 39.0 Å². The fourth-order valence-corrected chi connectivity index (χ4v) is 4.49. The molecular formula is C20H20ClN3O2S. The molecule has 5 nitrogen and oxygen atoms in total. The number of amides is 1. The van der Waals surface area contributed by atoms with E-state index < -0.39 is 0 Å². The number of anilines is 1. The Labute approximate surface area is 167 Å². The van der Waals surface area contributed by atoms with E-state index in [-0.39, 0.29) is 5.91 Å². The van der Waals surface area contributed by atoms with Crippen LogP contribution in [0, 0.1) is 6.92 Å². The van der Waals surface area contributed by atoms with Crippen molar-refractivity contribution in [3.63, 3.8) is 0 Å². The van der Waals surface area contributed by atoms with Gasteiger partial charge in [-0.25, -0.2) is 4.98 Å². The third kappa shape index (κ3) is 3.47. The van der Waals surface area contributed by atoms with Crippen molar-refractivity contribution in [3.05, 3.63) is 52.5 Å². The maximum absolute atomic E-state index is 12.8. The normalized spacial score (nSPS) is 14.6. The number of benzene rings is 2. The van der Waals surface area contributed by atoms with Crippen molar-refractivity contribution < 1.29 is 9.53 Å². The van der Waals surface area contributed by atoms with Crippen molar-refractivity contribution >= 4 is 44.2 Å². The number of hydrogen-bond acceptors (Lipinski definition) is 5. The lowest BCUT2D eigenvalue weighted by Crippen LogP contribution is -2.48. The molecule has 2 heterocycles. The molecule has 0 radical (unpaired) electrons. The van der Waals surface area contributed by atoms with Crippen molar-refractivity contribution in [2.45, 2.75) is 6.92 Å². The predicted octanol–water partition coefficient (Wildman–Crippen LogP) is 4.23. The minimum Gasteiger partial charge on any atom is -0.497 e. The zero-order chi connectivity index (χ0) is 19.0. The number of aryl methyl sites for hydroxylation is 1. The SMILES string of the molecule is COc1cccc(C(=O)N2CCN(c3nc4c(C)c(Cl)ccc4s3)CC2)c1. The van der Waals surface area contributed by atoms with Crippen LogP contribution in [0.1, 0.15) is 15.9 Å². The van der Waals surface area contributed by atoms with Gasteiger partial charge in [0.2, 0.25) is 0 Å². The lowest BCUT2D eigenvalue weighted by atomic mass is 10.1. The van der Waals surface area contributed by atoms with Gasteiger partial charge in [0, 0.05) is 36.8 Å². The molecule has 0 bridgehead atoms. The highest BCUT2D eigenvalue weighted by Gasteiger charge is 2.24. The maximum Gasteiger partial charge on any atom is 0.254 e. The van der Waals surface area contributed by atoms with Gasteiger partial charge in [0.05, 0.1) is 17.3 Å². The monoisotopic (exact) mass is 401 g/mol.